The Morgan fingerprint density at radius 2 is 2.43 bits per heavy atom. The number of carbonyl (C=O) groups excluding carboxylic acids is 1. The number of hydrogen-bond acceptors (Lipinski definition) is 2. The van der Waals surface area contributed by atoms with Gasteiger partial charge in [0, 0.05) is 24.7 Å². The van der Waals surface area contributed by atoms with E-state index in [2.05, 4.69) is 10.2 Å². The van der Waals surface area contributed by atoms with E-state index in [1.54, 1.807) is 11.1 Å². The molecule has 0 spiro atoms. The third-order valence-corrected chi connectivity index (χ3v) is 2.25. The molecule has 0 aliphatic rings. The molecule has 1 aromatic heterocycles. The smallest absolute Gasteiger partial charge is 0.257 e. The van der Waals surface area contributed by atoms with Gasteiger partial charge in [0.05, 0.1) is 11.8 Å². The lowest BCUT2D eigenvalue weighted by Crippen LogP contribution is -2.32. The van der Waals surface area contributed by atoms with Crippen LogP contribution in [0.15, 0.2) is 6.20 Å². The molecule has 0 aliphatic heterocycles. The van der Waals surface area contributed by atoms with E-state index in [4.69, 9.17) is 11.6 Å². The van der Waals surface area contributed by atoms with Crippen molar-refractivity contribution in [1.82, 2.24) is 15.1 Å². The Labute approximate surface area is 88.2 Å². The first-order chi connectivity index (χ1) is 6.70. The normalized spacial score (nSPS) is 10.2. The van der Waals surface area contributed by atoms with E-state index in [-0.39, 0.29) is 5.91 Å². The van der Waals surface area contributed by atoms with Gasteiger partial charge in [0.15, 0.2) is 0 Å². The van der Waals surface area contributed by atoms with E-state index in [0.717, 1.165) is 5.69 Å². The first-order valence-corrected chi connectivity index (χ1v) is 5.09. The molecule has 1 N–H and O–H groups in total. The molecule has 0 saturated carbocycles. The van der Waals surface area contributed by atoms with Gasteiger partial charge >= 0.3 is 0 Å². The fourth-order valence-corrected chi connectivity index (χ4v) is 1.45. The van der Waals surface area contributed by atoms with Gasteiger partial charge in [0.1, 0.15) is 0 Å². The summed E-state index contributed by atoms with van der Waals surface area (Å²) in [5, 5.41) is 6.55. The lowest BCUT2D eigenvalue weighted by molar-refractivity contribution is 0.0773. The minimum absolute atomic E-state index is 0.0144. The molecular weight excluding hydrogens is 202 g/mol. The molecule has 0 radical (unpaired) electrons. The second-order valence-electron chi connectivity index (χ2n) is 2.98. The molecule has 0 aliphatic carbocycles. The number of nitrogens with one attached hydrogen (secondary N) is 1. The fourth-order valence-electron chi connectivity index (χ4n) is 1.24. The predicted octanol–water partition coefficient (Wildman–Crippen LogP) is 1.42. The SMILES string of the molecule is CCN(CCCl)C(=O)c1cn[nH]c1C. The van der Waals surface area contributed by atoms with E-state index in [0.29, 0.717) is 24.5 Å². The van der Waals surface area contributed by atoms with Gasteiger partial charge in [-0.1, -0.05) is 0 Å². The van der Waals surface area contributed by atoms with Gasteiger partial charge in [-0.2, -0.15) is 5.10 Å². The highest BCUT2D eigenvalue weighted by molar-refractivity contribution is 6.18. The van der Waals surface area contributed by atoms with Crippen molar-refractivity contribution in [2.45, 2.75) is 13.8 Å². The molecule has 5 heteroatoms. The van der Waals surface area contributed by atoms with Crippen molar-refractivity contribution in [2.24, 2.45) is 0 Å². The van der Waals surface area contributed by atoms with Crippen molar-refractivity contribution in [3.63, 3.8) is 0 Å². The van der Waals surface area contributed by atoms with Crippen LogP contribution in [0, 0.1) is 6.92 Å². The van der Waals surface area contributed by atoms with E-state index < -0.39 is 0 Å². The topological polar surface area (TPSA) is 49.0 Å². The molecule has 1 heterocycles. The number of amides is 1. The molecule has 1 rings (SSSR count). The summed E-state index contributed by atoms with van der Waals surface area (Å²) in [6.45, 7) is 4.99. The van der Waals surface area contributed by atoms with E-state index >= 15 is 0 Å². The predicted molar refractivity (Wildman–Crippen MR) is 55.6 cm³/mol. The third kappa shape index (κ3) is 2.26. The molecule has 1 aromatic rings. The maximum atomic E-state index is 11.9. The zero-order chi connectivity index (χ0) is 10.6. The minimum Gasteiger partial charge on any atom is -0.338 e. The molecule has 0 unspecified atom stereocenters. The van der Waals surface area contributed by atoms with Crippen LogP contribution < -0.4 is 0 Å². The zero-order valence-electron chi connectivity index (χ0n) is 8.38. The highest BCUT2D eigenvalue weighted by Gasteiger charge is 2.16. The Kier molecular flexibility index (Phi) is 3.95. The Morgan fingerprint density at radius 1 is 1.71 bits per heavy atom. The van der Waals surface area contributed by atoms with Crippen LogP contribution in [0.4, 0.5) is 0 Å². The summed E-state index contributed by atoms with van der Waals surface area (Å²) in [5.41, 5.74) is 1.42. The van der Waals surface area contributed by atoms with Crippen molar-refractivity contribution in [2.75, 3.05) is 19.0 Å². The molecule has 14 heavy (non-hydrogen) atoms. The lowest BCUT2D eigenvalue weighted by atomic mass is 10.2. The maximum Gasteiger partial charge on any atom is 0.257 e. The standard InChI is InChI=1S/C9H14ClN3O/c1-3-13(5-4-10)9(14)8-6-11-12-7(8)2/h6H,3-5H2,1-2H3,(H,11,12). The number of nitrogens with zero attached hydrogens (tertiary/aromatic N) is 2. The molecule has 0 bridgehead atoms. The molecule has 0 atom stereocenters. The minimum atomic E-state index is -0.0144. The summed E-state index contributed by atoms with van der Waals surface area (Å²) in [6.07, 6.45) is 1.55. The van der Waals surface area contributed by atoms with Crippen molar-refractivity contribution >= 4 is 17.5 Å². The Balaban J connectivity index is 2.78. The number of aromatic amines is 1. The summed E-state index contributed by atoms with van der Waals surface area (Å²) in [5.74, 6) is 0.440. The Hall–Kier alpha value is -1.03. The van der Waals surface area contributed by atoms with Crippen LogP contribution in [0.3, 0.4) is 0 Å². The van der Waals surface area contributed by atoms with Gasteiger partial charge < -0.3 is 4.90 Å². The average molecular weight is 216 g/mol. The summed E-state index contributed by atoms with van der Waals surface area (Å²) in [6, 6.07) is 0. The number of halogens is 1. The number of aromatic nitrogens is 2. The summed E-state index contributed by atoms with van der Waals surface area (Å²) in [7, 11) is 0. The number of alkyl halides is 1. The van der Waals surface area contributed by atoms with E-state index in [1.807, 2.05) is 13.8 Å². The third-order valence-electron chi connectivity index (χ3n) is 2.08. The van der Waals surface area contributed by atoms with Crippen molar-refractivity contribution in [3.05, 3.63) is 17.5 Å². The lowest BCUT2D eigenvalue weighted by Gasteiger charge is -2.18. The number of H-pyrrole nitrogens is 1. The van der Waals surface area contributed by atoms with Crippen LogP contribution in [0.2, 0.25) is 0 Å². The quantitative estimate of drug-likeness (QED) is 0.773. The fraction of sp³-hybridized carbons (Fsp3) is 0.556. The number of hydrogen-bond donors (Lipinski definition) is 1. The molecule has 0 aromatic carbocycles. The van der Waals surface area contributed by atoms with Crippen molar-refractivity contribution < 1.29 is 4.79 Å². The highest BCUT2D eigenvalue weighted by Crippen LogP contribution is 2.07. The highest BCUT2D eigenvalue weighted by atomic mass is 35.5. The number of carbonyl (C=O) groups is 1. The van der Waals surface area contributed by atoms with E-state index in [1.165, 1.54) is 0 Å². The first-order valence-electron chi connectivity index (χ1n) is 4.56. The van der Waals surface area contributed by atoms with Gasteiger partial charge in [-0.05, 0) is 13.8 Å². The largest absolute Gasteiger partial charge is 0.338 e. The first kappa shape index (κ1) is 11.0. The van der Waals surface area contributed by atoms with Crippen LogP contribution in [0.25, 0.3) is 0 Å². The summed E-state index contributed by atoms with van der Waals surface area (Å²) < 4.78 is 0. The second kappa shape index (κ2) is 5.00. The van der Waals surface area contributed by atoms with Crippen LogP contribution in [0.5, 0.6) is 0 Å². The monoisotopic (exact) mass is 215 g/mol. The second-order valence-corrected chi connectivity index (χ2v) is 3.36. The molecule has 0 fully saturated rings. The van der Waals surface area contributed by atoms with Gasteiger partial charge in [-0.25, -0.2) is 0 Å². The van der Waals surface area contributed by atoms with Gasteiger partial charge in [-0.3, -0.25) is 9.89 Å². The van der Waals surface area contributed by atoms with Crippen LogP contribution in [-0.4, -0.2) is 40.0 Å². The van der Waals surface area contributed by atoms with Gasteiger partial charge in [-0.15, -0.1) is 11.6 Å². The summed E-state index contributed by atoms with van der Waals surface area (Å²) >= 11 is 5.60. The van der Waals surface area contributed by atoms with Crippen LogP contribution in [-0.2, 0) is 0 Å². The number of aryl methyl sites for hydroxylation is 1. The van der Waals surface area contributed by atoms with Crippen molar-refractivity contribution in [1.29, 1.82) is 0 Å². The van der Waals surface area contributed by atoms with Gasteiger partial charge in [0.2, 0.25) is 0 Å². The average Bonchev–Trinajstić information content (AvgIpc) is 2.59. The van der Waals surface area contributed by atoms with E-state index in [9.17, 15) is 4.79 Å². The Bertz CT molecular complexity index is 311. The van der Waals surface area contributed by atoms with Crippen molar-refractivity contribution in [3.8, 4) is 0 Å². The van der Waals surface area contributed by atoms with Gasteiger partial charge in [0.25, 0.3) is 5.91 Å². The zero-order valence-corrected chi connectivity index (χ0v) is 9.14. The number of rotatable bonds is 4. The molecule has 1 amide bonds. The maximum absolute atomic E-state index is 11.9. The summed E-state index contributed by atoms with van der Waals surface area (Å²) in [4.78, 5) is 13.6. The molecular formula is C9H14ClN3O. The Morgan fingerprint density at radius 3 is 2.86 bits per heavy atom. The van der Waals surface area contributed by atoms with Crippen LogP contribution >= 0.6 is 11.6 Å². The molecule has 78 valence electrons. The molecule has 4 nitrogen and oxygen atoms in total. The molecule has 0 saturated heterocycles. The van der Waals surface area contributed by atoms with Crippen LogP contribution in [0.1, 0.15) is 23.0 Å².